The molecule has 1 amide bonds. The molecule has 7 nitrogen and oxygen atoms in total. The van der Waals surface area contributed by atoms with Gasteiger partial charge in [-0.25, -0.2) is 8.42 Å². The number of sulfonamides is 1. The number of rotatable bonds is 5. The second-order valence-corrected chi connectivity index (χ2v) is 10.1. The van der Waals surface area contributed by atoms with Crippen LogP contribution < -0.4 is 5.32 Å². The number of furan rings is 1. The normalized spacial score (nSPS) is 16.0. The monoisotopic (exact) mass is 441 g/mol. The van der Waals surface area contributed by atoms with E-state index in [1.165, 1.54) is 4.31 Å². The third-order valence-corrected chi connectivity index (χ3v) is 7.77. The van der Waals surface area contributed by atoms with Crippen molar-refractivity contribution in [3.05, 3.63) is 59.4 Å². The number of benzene rings is 2. The van der Waals surface area contributed by atoms with Gasteiger partial charge in [0.1, 0.15) is 5.58 Å². The summed E-state index contributed by atoms with van der Waals surface area (Å²) in [5.74, 6) is -0.185. The molecule has 0 spiro atoms. The number of fused-ring (bicyclic) bond motifs is 1. The molecule has 1 aromatic heterocycles. The smallest absolute Gasteiger partial charge is 0.243 e. The van der Waals surface area contributed by atoms with Gasteiger partial charge in [-0.3, -0.25) is 4.79 Å². The van der Waals surface area contributed by atoms with Crippen molar-refractivity contribution in [1.82, 2.24) is 9.21 Å². The molecule has 31 heavy (non-hydrogen) atoms. The Kier molecular flexibility index (Phi) is 5.88. The third kappa shape index (κ3) is 4.51. The Bertz CT molecular complexity index is 1210. The molecule has 4 rings (SSSR count). The fourth-order valence-corrected chi connectivity index (χ4v) is 5.16. The molecular weight excluding hydrogens is 414 g/mol. The topological polar surface area (TPSA) is 82.9 Å². The SMILES string of the molecule is Cc1cc2occ(CC(=O)Nc3ccc(S(=O)(=O)N4CCN(C)CC4)cc3)c2cc1C. The lowest BCUT2D eigenvalue weighted by Gasteiger charge is -2.31. The van der Waals surface area contributed by atoms with Crippen LogP contribution >= 0.6 is 0 Å². The van der Waals surface area contributed by atoms with Gasteiger partial charge in [0.15, 0.2) is 0 Å². The van der Waals surface area contributed by atoms with E-state index >= 15 is 0 Å². The predicted molar refractivity (Wildman–Crippen MR) is 121 cm³/mol. The van der Waals surface area contributed by atoms with E-state index in [2.05, 4.69) is 10.2 Å². The summed E-state index contributed by atoms with van der Waals surface area (Å²) < 4.78 is 32.8. The highest BCUT2D eigenvalue weighted by Gasteiger charge is 2.27. The van der Waals surface area contributed by atoms with Gasteiger partial charge in [-0.1, -0.05) is 0 Å². The van der Waals surface area contributed by atoms with Crippen LogP contribution in [-0.2, 0) is 21.2 Å². The Balaban J connectivity index is 1.43. The van der Waals surface area contributed by atoms with Gasteiger partial charge < -0.3 is 14.6 Å². The van der Waals surface area contributed by atoms with Gasteiger partial charge in [-0.15, -0.1) is 0 Å². The Morgan fingerprint density at radius 2 is 1.68 bits per heavy atom. The highest BCUT2D eigenvalue weighted by molar-refractivity contribution is 7.89. The molecule has 2 heterocycles. The van der Waals surface area contributed by atoms with E-state index in [0.717, 1.165) is 40.7 Å². The Morgan fingerprint density at radius 1 is 1.03 bits per heavy atom. The first-order valence-electron chi connectivity index (χ1n) is 10.3. The molecule has 1 aliphatic heterocycles. The number of aryl methyl sites for hydroxylation is 2. The predicted octanol–water partition coefficient (Wildman–Crippen LogP) is 3.17. The summed E-state index contributed by atoms with van der Waals surface area (Å²) >= 11 is 0. The molecule has 1 fully saturated rings. The number of nitrogens with zero attached hydrogens (tertiary/aromatic N) is 2. The molecule has 3 aromatic rings. The maximum Gasteiger partial charge on any atom is 0.243 e. The van der Waals surface area contributed by atoms with Gasteiger partial charge in [-0.05, 0) is 68.4 Å². The highest BCUT2D eigenvalue weighted by Crippen LogP contribution is 2.26. The first-order valence-corrected chi connectivity index (χ1v) is 11.7. The maximum absolute atomic E-state index is 12.8. The van der Waals surface area contributed by atoms with Gasteiger partial charge in [0.2, 0.25) is 15.9 Å². The van der Waals surface area contributed by atoms with Crippen molar-refractivity contribution in [2.24, 2.45) is 0 Å². The van der Waals surface area contributed by atoms with Crippen molar-refractivity contribution < 1.29 is 17.6 Å². The highest BCUT2D eigenvalue weighted by atomic mass is 32.2. The van der Waals surface area contributed by atoms with E-state index in [-0.39, 0.29) is 17.2 Å². The molecule has 2 aromatic carbocycles. The summed E-state index contributed by atoms with van der Waals surface area (Å²) in [4.78, 5) is 14.9. The van der Waals surface area contributed by atoms with Crippen LogP contribution in [0.4, 0.5) is 5.69 Å². The van der Waals surface area contributed by atoms with Crippen LogP contribution in [0, 0.1) is 13.8 Å². The van der Waals surface area contributed by atoms with Crippen molar-refractivity contribution in [3.8, 4) is 0 Å². The maximum atomic E-state index is 12.8. The quantitative estimate of drug-likeness (QED) is 0.658. The summed E-state index contributed by atoms with van der Waals surface area (Å²) in [5, 5.41) is 3.78. The minimum absolute atomic E-state index is 0.177. The van der Waals surface area contributed by atoms with Crippen LogP contribution in [0.2, 0.25) is 0 Å². The molecule has 164 valence electrons. The minimum Gasteiger partial charge on any atom is -0.464 e. The van der Waals surface area contributed by atoms with Gasteiger partial charge in [0.05, 0.1) is 17.6 Å². The number of nitrogens with one attached hydrogen (secondary N) is 1. The molecular formula is C23H27N3O4S. The van der Waals surface area contributed by atoms with Gasteiger partial charge >= 0.3 is 0 Å². The number of hydrogen-bond donors (Lipinski definition) is 1. The molecule has 8 heteroatoms. The van der Waals surface area contributed by atoms with Crippen LogP contribution in [-0.4, -0.2) is 56.8 Å². The first kappa shape index (κ1) is 21.5. The second kappa shape index (κ2) is 8.45. The molecule has 1 aliphatic rings. The zero-order valence-electron chi connectivity index (χ0n) is 18.0. The van der Waals surface area contributed by atoms with E-state index in [0.29, 0.717) is 18.8 Å². The van der Waals surface area contributed by atoms with Crippen molar-refractivity contribution in [1.29, 1.82) is 0 Å². The van der Waals surface area contributed by atoms with E-state index in [9.17, 15) is 13.2 Å². The summed E-state index contributed by atoms with van der Waals surface area (Å²) in [6.07, 6.45) is 1.80. The van der Waals surface area contributed by atoms with Crippen LogP contribution in [0.1, 0.15) is 16.7 Å². The van der Waals surface area contributed by atoms with Crippen LogP contribution in [0.5, 0.6) is 0 Å². The van der Waals surface area contributed by atoms with Gasteiger partial charge in [0, 0.05) is 42.8 Å². The Labute approximate surface area is 182 Å². The fourth-order valence-electron chi connectivity index (χ4n) is 3.74. The van der Waals surface area contributed by atoms with Crippen LogP contribution in [0.25, 0.3) is 11.0 Å². The largest absolute Gasteiger partial charge is 0.464 e. The minimum atomic E-state index is -3.52. The lowest BCUT2D eigenvalue weighted by atomic mass is 10.0. The van der Waals surface area contributed by atoms with E-state index in [1.807, 2.05) is 33.0 Å². The number of likely N-dealkylation sites (N-methyl/N-ethyl adjacent to an activating group) is 1. The second-order valence-electron chi connectivity index (χ2n) is 8.15. The standard InChI is InChI=1S/C23H27N3O4S/c1-16-12-21-18(15-30-22(21)13-17(16)2)14-23(27)24-19-4-6-20(7-5-19)31(28,29)26-10-8-25(3)9-11-26/h4-7,12-13,15H,8-11,14H2,1-3H3,(H,24,27). The number of amides is 1. The molecule has 0 atom stereocenters. The van der Waals surface area contributed by atoms with Gasteiger partial charge in [-0.2, -0.15) is 4.31 Å². The van der Waals surface area contributed by atoms with Crippen molar-refractivity contribution >= 4 is 32.6 Å². The van der Waals surface area contributed by atoms with E-state index < -0.39 is 10.0 Å². The first-order chi connectivity index (χ1) is 14.7. The molecule has 0 bridgehead atoms. The summed E-state index contributed by atoms with van der Waals surface area (Å²) in [6.45, 7) is 6.45. The van der Waals surface area contributed by atoms with Crippen LogP contribution in [0.3, 0.4) is 0 Å². The van der Waals surface area contributed by atoms with Crippen molar-refractivity contribution in [2.75, 3.05) is 38.5 Å². The molecule has 0 unspecified atom stereocenters. The summed E-state index contributed by atoms with van der Waals surface area (Å²) in [7, 11) is -1.54. The fraction of sp³-hybridized carbons (Fsp3) is 0.348. The average Bonchev–Trinajstić information content (AvgIpc) is 3.10. The zero-order valence-corrected chi connectivity index (χ0v) is 18.8. The number of hydrogen-bond acceptors (Lipinski definition) is 5. The molecule has 1 N–H and O–H groups in total. The van der Waals surface area contributed by atoms with E-state index in [1.54, 1.807) is 30.5 Å². The number of carbonyl (C=O) groups excluding carboxylic acids is 1. The average molecular weight is 442 g/mol. The number of piperazine rings is 1. The molecule has 0 radical (unpaired) electrons. The molecule has 1 saturated heterocycles. The molecule has 0 saturated carbocycles. The van der Waals surface area contributed by atoms with Crippen LogP contribution in [0.15, 0.2) is 52.0 Å². The molecule has 0 aliphatic carbocycles. The Hall–Kier alpha value is -2.68. The number of carbonyl (C=O) groups is 1. The zero-order chi connectivity index (χ0) is 22.2. The van der Waals surface area contributed by atoms with Crippen molar-refractivity contribution in [2.45, 2.75) is 25.2 Å². The van der Waals surface area contributed by atoms with Gasteiger partial charge in [0.25, 0.3) is 0 Å². The van der Waals surface area contributed by atoms with E-state index in [4.69, 9.17) is 4.42 Å². The Morgan fingerprint density at radius 3 is 2.35 bits per heavy atom. The summed E-state index contributed by atoms with van der Waals surface area (Å²) in [6, 6.07) is 10.4. The lowest BCUT2D eigenvalue weighted by molar-refractivity contribution is -0.115. The lowest BCUT2D eigenvalue weighted by Crippen LogP contribution is -2.46. The number of anilines is 1. The van der Waals surface area contributed by atoms with Crippen molar-refractivity contribution in [3.63, 3.8) is 0 Å². The summed E-state index contributed by atoms with van der Waals surface area (Å²) in [5.41, 5.74) is 4.44. The third-order valence-electron chi connectivity index (χ3n) is 5.86.